The van der Waals surface area contributed by atoms with Gasteiger partial charge in [-0.15, -0.1) is 0 Å². The number of rotatable bonds is 6. The van der Waals surface area contributed by atoms with Crippen molar-refractivity contribution in [2.45, 2.75) is 50.8 Å². The van der Waals surface area contributed by atoms with Crippen LogP contribution >= 0.6 is 11.8 Å². The Hall–Kier alpha value is 0.270. The molecule has 1 fully saturated rings. The van der Waals surface area contributed by atoms with Crippen LogP contribution in [0.1, 0.15) is 39.5 Å². The maximum atomic E-state index is 5.80. The van der Waals surface area contributed by atoms with Crippen molar-refractivity contribution in [2.75, 3.05) is 19.3 Å². The number of nitrogens with one attached hydrogen (secondary N) is 1. The van der Waals surface area contributed by atoms with E-state index < -0.39 is 0 Å². The highest BCUT2D eigenvalue weighted by Crippen LogP contribution is 2.27. The van der Waals surface area contributed by atoms with Crippen LogP contribution in [0, 0.1) is 11.8 Å². The molecule has 3 heteroatoms. The zero-order valence-electron chi connectivity index (χ0n) is 11.0. The normalized spacial score (nSPS) is 28.3. The van der Waals surface area contributed by atoms with Gasteiger partial charge in [0.05, 0.1) is 0 Å². The molecule has 0 heterocycles. The first-order chi connectivity index (χ1) is 7.67. The van der Waals surface area contributed by atoms with Gasteiger partial charge in [-0.25, -0.2) is 0 Å². The van der Waals surface area contributed by atoms with E-state index in [0.717, 1.165) is 24.4 Å². The molecule has 96 valence electrons. The van der Waals surface area contributed by atoms with Crippen molar-refractivity contribution < 1.29 is 0 Å². The summed E-state index contributed by atoms with van der Waals surface area (Å²) < 4.78 is 0. The van der Waals surface area contributed by atoms with Crippen molar-refractivity contribution in [3.8, 4) is 0 Å². The fraction of sp³-hybridized carbons (Fsp3) is 1.00. The summed E-state index contributed by atoms with van der Waals surface area (Å²) in [5.41, 5.74) is 5.80. The molecular formula is C13H28N2S. The third kappa shape index (κ3) is 4.64. The monoisotopic (exact) mass is 244 g/mol. The zero-order chi connectivity index (χ0) is 12.0. The lowest BCUT2D eigenvalue weighted by atomic mass is 9.92. The van der Waals surface area contributed by atoms with E-state index in [2.05, 4.69) is 25.4 Å². The molecule has 0 aromatic heterocycles. The molecule has 1 rings (SSSR count). The summed E-state index contributed by atoms with van der Waals surface area (Å²) in [5, 5.41) is 4.60. The minimum absolute atomic E-state index is 0.634. The molecule has 0 spiro atoms. The zero-order valence-corrected chi connectivity index (χ0v) is 11.9. The van der Waals surface area contributed by atoms with Crippen LogP contribution in [0.25, 0.3) is 0 Å². The Bertz CT molecular complexity index is 185. The quantitative estimate of drug-likeness (QED) is 0.754. The second-order valence-corrected chi connectivity index (χ2v) is 6.51. The second-order valence-electron chi connectivity index (χ2n) is 5.37. The summed E-state index contributed by atoms with van der Waals surface area (Å²) in [5.74, 6) is 1.33. The minimum Gasteiger partial charge on any atom is -0.330 e. The molecule has 0 radical (unpaired) electrons. The molecule has 1 saturated carbocycles. The molecule has 1 aliphatic rings. The van der Waals surface area contributed by atoms with Gasteiger partial charge in [0.25, 0.3) is 0 Å². The molecule has 16 heavy (non-hydrogen) atoms. The first-order valence-electron chi connectivity index (χ1n) is 6.63. The molecule has 3 atom stereocenters. The van der Waals surface area contributed by atoms with E-state index in [0.29, 0.717) is 11.8 Å². The van der Waals surface area contributed by atoms with Crippen LogP contribution in [0.2, 0.25) is 0 Å². The molecule has 0 bridgehead atoms. The number of thioether (sulfide) groups is 1. The Labute approximate surface area is 105 Å². The lowest BCUT2D eigenvalue weighted by Crippen LogP contribution is -2.40. The molecular weight excluding hydrogens is 216 g/mol. The summed E-state index contributed by atoms with van der Waals surface area (Å²) in [4.78, 5) is 0. The molecule has 0 aromatic carbocycles. The van der Waals surface area contributed by atoms with E-state index in [1.807, 2.05) is 11.8 Å². The van der Waals surface area contributed by atoms with Crippen molar-refractivity contribution in [1.82, 2.24) is 5.32 Å². The Kier molecular flexibility index (Phi) is 6.78. The van der Waals surface area contributed by atoms with E-state index >= 15 is 0 Å². The largest absolute Gasteiger partial charge is 0.330 e. The molecule has 3 unspecified atom stereocenters. The fourth-order valence-electron chi connectivity index (χ4n) is 2.45. The average molecular weight is 244 g/mol. The number of nitrogens with two attached hydrogens (primary N) is 1. The molecule has 0 aromatic rings. The molecule has 0 saturated heterocycles. The van der Waals surface area contributed by atoms with Gasteiger partial charge in [0.1, 0.15) is 0 Å². The molecule has 0 amide bonds. The smallest absolute Gasteiger partial charge is 0.00777 e. The van der Waals surface area contributed by atoms with Crippen LogP contribution in [0.15, 0.2) is 0 Å². The molecule has 3 N–H and O–H groups in total. The summed E-state index contributed by atoms with van der Waals surface area (Å²) in [6.07, 6.45) is 7.73. The van der Waals surface area contributed by atoms with Gasteiger partial charge in [0.15, 0.2) is 0 Å². The Morgan fingerprint density at radius 2 is 2.12 bits per heavy atom. The third-order valence-electron chi connectivity index (χ3n) is 3.87. The van der Waals surface area contributed by atoms with Crippen LogP contribution in [0.4, 0.5) is 0 Å². The Morgan fingerprint density at radius 1 is 1.38 bits per heavy atom. The predicted molar refractivity (Wildman–Crippen MR) is 74.9 cm³/mol. The van der Waals surface area contributed by atoms with E-state index in [1.165, 1.54) is 25.7 Å². The summed E-state index contributed by atoms with van der Waals surface area (Å²) >= 11 is 2.03. The van der Waals surface area contributed by atoms with Crippen LogP contribution in [0.3, 0.4) is 0 Å². The van der Waals surface area contributed by atoms with Gasteiger partial charge in [-0.1, -0.05) is 20.3 Å². The molecule has 2 nitrogen and oxygen atoms in total. The Morgan fingerprint density at radius 3 is 2.69 bits per heavy atom. The maximum absolute atomic E-state index is 5.80. The van der Waals surface area contributed by atoms with Crippen molar-refractivity contribution in [3.05, 3.63) is 0 Å². The maximum Gasteiger partial charge on any atom is 0.00777 e. The predicted octanol–water partition coefficient (Wildman–Crippen LogP) is 2.48. The van der Waals surface area contributed by atoms with E-state index in [-0.39, 0.29) is 0 Å². The highest BCUT2D eigenvalue weighted by atomic mass is 32.2. The SMILES string of the molecule is CSC1CCCC(NCC(CN)C(C)C)C1. The van der Waals surface area contributed by atoms with Crippen LogP contribution in [-0.4, -0.2) is 30.6 Å². The van der Waals surface area contributed by atoms with Crippen LogP contribution in [0.5, 0.6) is 0 Å². The van der Waals surface area contributed by atoms with E-state index in [9.17, 15) is 0 Å². The van der Waals surface area contributed by atoms with E-state index in [4.69, 9.17) is 5.73 Å². The van der Waals surface area contributed by atoms with Gasteiger partial charge in [-0.2, -0.15) is 11.8 Å². The lowest BCUT2D eigenvalue weighted by Gasteiger charge is -2.30. The topological polar surface area (TPSA) is 38.0 Å². The second kappa shape index (κ2) is 7.57. The van der Waals surface area contributed by atoms with Gasteiger partial charge in [0.2, 0.25) is 0 Å². The minimum atomic E-state index is 0.634. The highest BCUT2D eigenvalue weighted by Gasteiger charge is 2.22. The number of hydrogen-bond acceptors (Lipinski definition) is 3. The third-order valence-corrected chi connectivity index (χ3v) is 4.97. The van der Waals surface area contributed by atoms with Crippen molar-refractivity contribution in [3.63, 3.8) is 0 Å². The standard InChI is InChI=1S/C13H28N2S/c1-10(2)11(8-14)9-15-12-5-4-6-13(7-12)16-3/h10-13,15H,4-9,14H2,1-3H3. The summed E-state index contributed by atoms with van der Waals surface area (Å²) in [7, 11) is 0. The van der Waals surface area contributed by atoms with Gasteiger partial charge in [-0.05, 0) is 50.4 Å². The van der Waals surface area contributed by atoms with Crippen LogP contribution < -0.4 is 11.1 Å². The first kappa shape index (κ1) is 14.3. The fourth-order valence-corrected chi connectivity index (χ4v) is 3.28. The lowest BCUT2D eigenvalue weighted by molar-refractivity contribution is 0.315. The van der Waals surface area contributed by atoms with Crippen molar-refractivity contribution in [1.29, 1.82) is 0 Å². The average Bonchev–Trinajstić information content (AvgIpc) is 2.29. The van der Waals surface area contributed by atoms with Gasteiger partial charge in [0, 0.05) is 11.3 Å². The van der Waals surface area contributed by atoms with Crippen molar-refractivity contribution in [2.24, 2.45) is 17.6 Å². The summed E-state index contributed by atoms with van der Waals surface area (Å²) in [6, 6.07) is 0.735. The molecule has 0 aliphatic heterocycles. The molecule has 1 aliphatic carbocycles. The highest BCUT2D eigenvalue weighted by molar-refractivity contribution is 7.99. The first-order valence-corrected chi connectivity index (χ1v) is 7.92. The number of hydrogen-bond donors (Lipinski definition) is 2. The van der Waals surface area contributed by atoms with Crippen LogP contribution in [-0.2, 0) is 0 Å². The van der Waals surface area contributed by atoms with Gasteiger partial charge >= 0.3 is 0 Å². The van der Waals surface area contributed by atoms with Crippen molar-refractivity contribution >= 4 is 11.8 Å². The van der Waals surface area contributed by atoms with Gasteiger partial charge < -0.3 is 11.1 Å². The summed E-state index contributed by atoms with van der Waals surface area (Å²) in [6.45, 7) is 6.44. The van der Waals surface area contributed by atoms with Gasteiger partial charge in [-0.3, -0.25) is 0 Å². The van der Waals surface area contributed by atoms with E-state index in [1.54, 1.807) is 0 Å². The Balaban J connectivity index is 2.25.